The summed E-state index contributed by atoms with van der Waals surface area (Å²) in [7, 11) is 0. The van der Waals surface area contributed by atoms with Gasteiger partial charge < -0.3 is 20.1 Å². The first-order chi connectivity index (χ1) is 8.67. The number of nitrogens with one attached hydrogen (secondary N) is 1. The summed E-state index contributed by atoms with van der Waals surface area (Å²) in [5.41, 5.74) is 0. The molecule has 5 unspecified atom stereocenters. The van der Waals surface area contributed by atoms with E-state index in [-0.39, 0.29) is 30.6 Å². The Hall–Kier alpha value is -0.650. The van der Waals surface area contributed by atoms with Gasteiger partial charge in [-0.25, -0.2) is 0 Å². The van der Waals surface area contributed by atoms with Crippen LogP contribution in [0.15, 0.2) is 0 Å². The monoisotopic (exact) mass is 254 g/mol. The summed E-state index contributed by atoms with van der Waals surface area (Å²) in [4.78, 5) is 14.4. The third-order valence-electron chi connectivity index (χ3n) is 4.46. The van der Waals surface area contributed by atoms with Crippen molar-refractivity contribution in [2.24, 2.45) is 5.92 Å². The molecule has 3 rings (SSSR count). The Labute approximate surface area is 107 Å². The Morgan fingerprint density at radius 3 is 2.89 bits per heavy atom. The van der Waals surface area contributed by atoms with Crippen molar-refractivity contribution in [3.8, 4) is 0 Å². The van der Waals surface area contributed by atoms with Crippen LogP contribution in [0, 0.1) is 5.92 Å². The van der Waals surface area contributed by atoms with Crippen LogP contribution in [0.3, 0.4) is 0 Å². The molecular weight excluding hydrogens is 232 g/mol. The molecule has 3 aliphatic rings. The molecule has 0 aromatic carbocycles. The average Bonchev–Trinajstić information content (AvgIpc) is 2.99. The number of hydrogen-bond donors (Lipinski definition) is 2. The fraction of sp³-hybridized carbons (Fsp3) is 0.923. The van der Waals surface area contributed by atoms with E-state index in [0.29, 0.717) is 25.2 Å². The van der Waals surface area contributed by atoms with Crippen molar-refractivity contribution in [1.82, 2.24) is 10.2 Å². The lowest BCUT2D eigenvalue weighted by molar-refractivity contribution is -0.151. The Balaban J connectivity index is 1.65. The number of aliphatic hydroxyl groups is 1. The first-order valence-electron chi connectivity index (χ1n) is 6.98. The Kier molecular flexibility index (Phi) is 3.30. The number of hydrogen-bond acceptors (Lipinski definition) is 4. The zero-order valence-electron chi connectivity index (χ0n) is 10.8. The molecule has 2 N–H and O–H groups in total. The lowest BCUT2D eigenvalue weighted by atomic mass is 9.88. The molecular formula is C13H22N2O3. The number of amides is 1. The molecule has 5 atom stereocenters. The quantitative estimate of drug-likeness (QED) is 0.712. The van der Waals surface area contributed by atoms with E-state index in [9.17, 15) is 9.90 Å². The van der Waals surface area contributed by atoms with Crippen molar-refractivity contribution in [2.75, 3.05) is 19.7 Å². The van der Waals surface area contributed by atoms with Gasteiger partial charge in [-0.05, 0) is 26.2 Å². The third kappa shape index (κ3) is 2.15. The van der Waals surface area contributed by atoms with Gasteiger partial charge in [0.1, 0.15) is 0 Å². The number of ether oxygens (including phenoxy) is 1. The zero-order valence-corrected chi connectivity index (χ0v) is 10.8. The SMILES string of the molecule is CC1CN(C(=O)C2CC3CCC2N3)CC(CO)O1. The summed E-state index contributed by atoms with van der Waals surface area (Å²) >= 11 is 0. The van der Waals surface area contributed by atoms with Crippen LogP contribution in [-0.2, 0) is 9.53 Å². The number of aliphatic hydroxyl groups excluding tert-OH is 1. The van der Waals surface area contributed by atoms with E-state index in [2.05, 4.69) is 5.32 Å². The number of nitrogens with zero attached hydrogens (tertiary/aromatic N) is 1. The van der Waals surface area contributed by atoms with Gasteiger partial charge >= 0.3 is 0 Å². The van der Waals surface area contributed by atoms with Gasteiger partial charge in [-0.1, -0.05) is 0 Å². The van der Waals surface area contributed by atoms with Crippen LogP contribution in [0.5, 0.6) is 0 Å². The molecule has 3 heterocycles. The fourth-order valence-corrected chi connectivity index (χ4v) is 3.66. The van der Waals surface area contributed by atoms with Gasteiger partial charge in [-0.3, -0.25) is 4.79 Å². The smallest absolute Gasteiger partial charge is 0.227 e. The maximum atomic E-state index is 12.5. The van der Waals surface area contributed by atoms with Gasteiger partial charge in [0.05, 0.1) is 24.7 Å². The first-order valence-corrected chi connectivity index (χ1v) is 6.98. The van der Waals surface area contributed by atoms with Gasteiger partial charge in [-0.15, -0.1) is 0 Å². The molecule has 3 aliphatic heterocycles. The van der Waals surface area contributed by atoms with Crippen LogP contribution >= 0.6 is 0 Å². The lowest BCUT2D eigenvalue weighted by Crippen LogP contribution is -2.53. The van der Waals surface area contributed by atoms with E-state index < -0.39 is 0 Å². The predicted molar refractivity (Wildman–Crippen MR) is 66.1 cm³/mol. The van der Waals surface area contributed by atoms with E-state index in [1.165, 1.54) is 6.42 Å². The standard InChI is InChI=1S/C13H22N2O3/c1-8-5-15(6-10(7-16)18-8)13(17)11-4-9-2-3-12(11)14-9/h8-12,14,16H,2-7H2,1H3. The topological polar surface area (TPSA) is 61.8 Å². The maximum absolute atomic E-state index is 12.5. The Bertz CT molecular complexity index is 336. The van der Waals surface area contributed by atoms with Crippen molar-refractivity contribution < 1.29 is 14.6 Å². The van der Waals surface area contributed by atoms with E-state index in [1.54, 1.807) is 0 Å². The second-order valence-electron chi connectivity index (χ2n) is 5.88. The van der Waals surface area contributed by atoms with Crippen LogP contribution in [0.4, 0.5) is 0 Å². The molecule has 0 radical (unpaired) electrons. The molecule has 0 aromatic rings. The number of carbonyl (C=O) groups is 1. The molecule has 102 valence electrons. The summed E-state index contributed by atoms with van der Waals surface area (Å²) in [5, 5.41) is 12.7. The zero-order chi connectivity index (χ0) is 12.7. The molecule has 0 spiro atoms. The number of fused-ring (bicyclic) bond motifs is 2. The van der Waals surface area contributed by atoms with Crippen LogP contribution in [-0.4, -0.2) is 59.9 Å². The minimum absolute atomic E-state index is 0.0108. The number of morpholine rings is 1. The molecule has 3 fully saturated rings. The highest BCUT2D eigenvalue weighted by Crippen LogP contribution is 2.34. The van der Waals surface area contributed by atoms with Gasteiger partial charge in [0.25, 0.3) is 0 Å². The summed E-state index contributed by atoms with van der Waals surface area (Å²) in [6, 6.07) is 0.935. The van der Waals surface area contributed by atoms with E-state index in [0.717, 1.165) is 12.8 Å². The van der Waals surface area contributed by atoms with Crippen LogP contribution in [0.1, 0.15) is 26.2 Å². The highest BCUT2D eigenvalue weighted by atomic mass is 16.5. The molecule has 0 aliphatic carbocycles. The summed E-state index contributed by atoms with van der Waals surface area (Å²) in [6.07, 6.45) is 3.13. The summed E-state index contributed by atoms with van der Waals surface area (Å²) in [5.74, 6) is 0.400. The minimum Gasteiger partial charge on any atom is -0.394 e. The summed E-state index contributed by atoms with van der Waals surface area (Å²) < 4.78 is 5.58. The number of rotatable bonds is 2. The second kappa shape index (κ2) is 4.79. The fourth-order valence-electron chi connectivity index (χ4n) is 3.66. The first kappa shape index (κ1) is 12.4. The lowest BCUT2D eigenvalue weighted by Gasteiger charge is -2.38. The van der Waals surface area contributed by atoms with Gasteiger partial charge in [0.2, 0.25) is 5.91 Å². The predicted octanol–water partition coefficient (Wildman–Crippen LogP) is -0.265. The van der Waals surface area contributed by atoms with E-state index >= 15 is 0 Å². The van der Waals surface area contributed by atoms with Crippen LogP contribution < -0.4 is 5.32 Å². The molecule has 0 aromatic heterocycles. The van der Waals surface area contributed by atoms with Crippen molar-refractivity contribution in [2.45, 2.75) is 50.5 Å². The van der Waals surface area contributed by atoms with Crippen LogP contribution in [0.25, 0.3) is 0 Å². The molecule has 2 bridgehead atoms. The minimum atomic E-state index is -0.218. The second-order valence-corrected chi connectivity index (χ2v) is 5.88. The van der Waals surface area contributed by atoms with Crippen molar-refractivity contribution in [1.29, 1.82) is 0 Å². The molecule has 0 saturated carbocycles. The Morgan fingerprint density at radius 2 is 2.28 bits per heavy atom. The third-order valence-corrected chi connectivity index (χ3v) is 4.46. The molecule has 5 nitrogen and oxygen atoms in total. The van der Waals surface area contributed by atoms with Crippen molar-refractivity contribution in [3.05, 3.63) is 0 Å². The van der Waals surface area contributed by atoms with Gasteiger partial charge in [0.15, 0.2) is 0 Å². The van der Waals surface area contributed by atoms with Crippen molar-refractivity contribution >= 4 is 5.91 Å². The number of carbonyl (C=O) groups excluding carboxylic acids is 1. The highest BCUT2D eigenvalue weighted by Gasteiger charge is 2.45. The maximum Gasteiger partial charge on any atom is 0.227 e. The molecule has 3 saturated heterocycles. The molecule has 1 amide bonds. The van der Waals surface area contributed by atoms with Gasteiger partial charge in [0, 0.05) is 25.2 Å². The van der Waals surface area contributed by atoms with E-state index in [1.807, 2.05) is 11.8 Å². The Morgan fingerprint density at radius 1 is 1.44 bits per heavy atom. The van der Waals surface area contributed by atoms with E-state index in [4.69, 9.17) is 4.74 Å². The normalized spacial score (nSPS) is 43.4. The largest absolute Gasteiger partial charge is 0.394 e. The van der Waals surface area contributed by atoms with Crippen molar-refractivity contribution in [3.63, 3.8) is 0 Å². The highest BCUT2D eigenvalue weighted by molar-refractivity contribution is 5.80. The molecule has 5 heteroatoms. The average molecular weight is 254 g/mol. The molecule has 18 heavy (non-hydrogen) atoms. The van der Waals surface area contributed by atoms with Crippen LogP contribution in [0.2, 0.25) is 0 Å². The van der Waals surface area contributed by atoms with Gasteiger partial charge in [-0.2, -0.15) is 0 Å². The summed E-state index contributed by atoms with van der Waals surface area (Å²) in [6.45, 7) is 3.14.